The van der Waals surface area contributed by atoms with Crippen molar-refractivity contribution in [1.82, 2.24) is 5.43 Å². The zero-order chi connectivity index (χ0) is 10.1. The van der Waals surface area contributed by atoms with E-state index in [1.807, 2.05) is 0 Å². The van der Waals surface area contributed by atoms with Gasteiger partial charge in [-0.3, -0.25) is 11.3 Å². The Morgan fingerprint density at radius 1 is 1.31 bits per heavy atom. The standard InChI is InChI=1S/C11H22N2/c1-4-7-10(8-5-2)11(13-12)9-6-3/h3,10-11,13H,4-5,7-9,12H2,1-2H3. The Kier molecular flexibility index (Phi) is 7.77. The molecule has 0 saturated heterocycles. The maximum Gasteiger partial charge on any atom is 0.0348 e. The number of hydrogen-bond acceptors (Lipinski definition) is 2. The van der Waals surface area contributed by atoms with Crippen molar-refractivity contribution in [3.8, 4) is 12.3 Å². The van der Waals surface area contributed by atoms with Gasteiger partial charge in [-0.2, -0.15) is 0 Å². The fourth-order valence-corrected chi connectivity index (χ4v) is 1.78. The Bertz CT molecular complexity index is 143. The van der Waals surface area contributed by atoms with Crippen LogP contribution in [0.3, 0.4) is 0 Å². The van der Waals surface area contributed by atoms with Crippen molar-refractivity contribution >= 4 is 0 Å². The highest BCUT2D eigenvalue weighted by Crippen LogP contribution is 2.19. The van der Waals surface area contributed by atoms with Crippen LogP contribution in [0.5, 0.6) is 0 Å². The van der Waals surface area contributed by atoms with E-state index in [0.29, 0.717) is 12.0 Å². The van der Waals surface area contributed by atoms with Crippen LogP contribution in [0, 0.1) is 18.3 Å². The first kappa shape index (κ1) is 12.5. The molecular formula is C11H22N2. The summed E-state index contributed by atoms with van der Waals surface area (Å²) in [5, 5.41) is 0. The van der Waals surface area contributed by atoms with Crippen molar-refractivity contribution in [3.05, 3.63) is 0 Å². The summed E-state index contributed by atoms with van der Waals surface area (Å²) in [5.41, 5.74) is 2.83. The zero-order valence-electron chi connectivity index (χ0n) is 8.84. The number of rotatable bonds is 7. The molecule has 0 aliphatic rings. The second-order valence-corrected chi connectivity index (χ2v) is 3.52. The van der Waals surface area contributed by atoms with E-state index in [2.05, 4.69) is 25.2 Å². The van der Waals surface area contributed by atoms with Crippen LogP contribution < -0.4 is 11.3 Å². The molecule has 1 unspecified atom stereocenters. The molecule has 0 amide bonds. The maximum absolute atomic E-state index is 5.47. The van der Waals surface area contributed by atoms with Gasteiger partial charge in [-0.1, -0.05) is 26.7 Å². The molecule has 0 aromatic rings. The summed E-state index contributed by atoms with van der Waals surface area (Å²) in [4.78, 5) is 0. The molecule has 0 aliphatic carbocycles. The molecule has 0 aromatic carbocycles. The van der Waals surface area contributed by atoms with Crippen molar-refractivity contribution in [2.24, 2.45) is 11.8 Å². The Morgan fingerprint density at radius 3 is 2.15 bits per heavy atom. The minimum atomic E-state index is 0.296. The minimum absolute atomic E-state index is 0.296. The van der Waals surface area contributed by atoms with E-state index < -0.39 is 0 Å². The van der Waals surface area contributed by atoms with E-state index in [1.165, 1.54) is 25.7 Å². The van der Waals surface area contributed by atoms with E-state index in [9.17, 15) is 0 Å². The van der Waals surface area contributed by atoms with Gasteiger partial charge in [0.25, 0.3) is 0 Å². The van der Waals surface area contributed by atoms with Gasteiger partial charge in [-0.05, 0) is 18.8 Å². The smallest absolute Gasteiger partial charge is 0.0348 e. The fourth-order valence-electron chi connectivity index (χ4n) is 1.78. The molecule has 13 heavy (non-hydrogen) atoms. The Hall–Kier alpha value is -0.520. The van der Waals surface area contributed by atoms with Gasteiger partial charge < -0.3 is 0 Å². The topological polar surface area (TPSA) is 38.0 Å². The molecule has 0 bridgehead atoms. The van der Waals surface area contributed by atoms with E-state index in [-0.39, 0.29) is 0 Å². The van der Waals surface area contributed by atoms with Crippen molar-refractivity contribution in [2.75, 3.05) is 0 Å². The predicted molar refractivity (Wildman–Crippen MR) is 57.9 cm³/mol. The molecule has 0 spiro atoms. The Morgan fingerprint density at radius 2 is 1.85 bits per heavy atom. The van der Waals surface area contributed by atoms with Crippen molar-refractivity contribution in [2.45, 2.75) is 52.0 Å². The number of hydrogen-bond donors (Lipinski definition) is 2. The van der Waals surface area contributed by atoms with Gasteiger partial charge in [-0.25, -0.2) is 0 Å². The van der Waals surface area contributed by atoms with Gasteiger partial charge in [0.2, 0.25) is 0 Å². The summed E-state index contributed by atoms with van der Waals surface area (Å²) in [6.45, 7) is 4.40. The number of terminal acetylenes is 1. The lowest BCUT2D eigenvalue weighted by molar-refractivity contribution is 0.317. The number of hydrazine groups is 1. The van der Waals surface area contributed by atoms with Crippen LogP contribution >= 0.6 is 0 Å². The summed E-state index contributed by atoms with van der Waals surface area (Å²) in [5.74, 6) is 8.78. The largest absolute Gasteiger partial charge is 0.271 e. The average molecular weight is 182 g/mol. The molecule has 0 saturated carbocycles. The van der Waals surface area contributed by atoms with Crippen molar-refractivity contribution in [3.63, 3.8) is 0 Å². The zero-order valence-corrected chi connectivity index (χ0v) is 8.84. The third kappa shape index (κ3) is 4.92. The summed E-state index contributed by atoms with van der Waals surface area (Å²) < 4.78 is 0. The molecule has 0 heterocycles. The average Bonchev–Trinajstić information content (AvgIpc) is 2.14. The highest BCUT2D eigenvalue weighted by Gasteiger charge is 2.17. The van der Waals surface area contributed by atoms with Gasteiger partial charge in [0, 0.05) is 12.5 Å². The van der Waals surface area contributed by atoms with Crippen LogP contribution in [-0.2, 0) is 0 Å². The van der Waals surface area contributed by atoms with Crippen LogP contribution in [0.2, 0.25) is 0 Å². The third-order valence-electron chi connectivity index (χ3n) is 2.44. The van der Waals surface area contributed by atoms with Crippen LogP contribution in [0.1, 0.15) is 46.0 Å². The van der Waals surface area contributed by atoms with Gasteiger partial charge in [0.05, 0.1) is 0 Å². The molecule has 1 atom stereocenters. The lowest BCUT2D eigenvalue weighted by Gasteiger charge is -2.24. The lowest BCUT2D eigenvalue weighted by Crippen LogP contribution is -2.40. The van der Waals surface area contributed by atoms with E-state index in [4.69, 9.17) is 12.3 Å². The van der Waals surface area contributed by atoms with E-state index in [0.717, 1.165) is 6.42 Å². The highest BCUT2D eigenvalue weighted by atomic mass is 15.2. The first-order chi connectivity index (χ1) is 6.29. The molecular weight excluding hydrogens is 160 g/mol. The highest BCUT2D eigenvalue weighted by molar-refractivity contribution is 4.91. The van der Waals surface area contributed by atoms with E-state index >= 15 is 0 Å². The van der Waals surface area contributed by atoms with Crippen molar-refractivity contribution < 1.29 is 0 Å². The number of nitrogens with one attached hydrogen (secondary N) is 1. The monoisotopic (exact) mass is 182 g/mol. The normalized spacial score (nSPS) is 12.8. The molecule has 76 valence electrons. The Labute approximate surface area is 82.2 Å². The maximum atomic E-state index is 5.47. The van der Waals surface area contributed by atoms with E-state index in [1.54, 1.807) is 0 Å². The van der Waals surface area contributed by atoms with Crippen LogP contribution in [0.15, 0.2) is 0 Å². The molecule has 2 nitrogen and oxygen atoms in total. The molecule has 0 rings (SSSR count). The summed E-state index contributed by atoms with van der Waals surface area (Å²) in [7, 11) is 0. The predicted octanol–water partition coefficient (Wildman–Crippen LogP) is 2.06. The third-order valence-corrected chi connectivity index (χ3v) is 2.44. The summed E-state index contributed by atoms with van der Waals surface area (Å²) in [6.07, 6.45) is 10.9. The first-order valence-corrected chi connectivity index (χ1v) is 5.19. The van der Waals surface area contributed by atoms with Gasteiger partial charge >= 0.3 is 0 Å². The summed E-state index contributed by atoms with van der Waals surface area (Å²) >= 11 is 0. The molecule has 0 aliphatic heterocycles. The Balaban J connectivity index is 4.04. The van der Waals surface area contributed by atoms with Gasteiger partial charge in [-0.15, -0.1) is 12.3 Å². The van der Waals surface area contributed by atoms with Gasteiger partial charge in [0.15, 0.2) is 0 Å². The van der Waals surface area contributed by atoms with Crippen molar-refractivity contribution in [1.29, 1.82) is 0 Å². The lowest BCUT2D eigenvalue weighted by atomic mass is 9.89. The quantitative estimate of drug-likeness (QED) is 0.359. The second-order valence-electron chi connectivity index (χ2n) is 3.52. The second kappa shape index (κ2) is 8.10. The molecule has 2 heteroatoms. The fraction of sp³-hybridized carbons (Fsp3) is 0.818. The van der Waals surface area contributed by atoms with Crippen LogP contribution in [0.25, 0.3) is 0 Å². The SMILES string of the molecule is C#CCC(NN)C(CCC)CCC. The molecule has 0 aromatic heterocycles. The van der Waals surface area contributed by atoms with Crippen LogP contribution in [-0.4, -0.2) is 6.04 Å². The molecule has 0 radical (unpaired) electrons. The minimum Gasteiger partial charge on any atom is -0.271 e. The first-order valence-electron chi connectivity index (χ1n) is 5.19. The van der Waals surface area contributed by atoms with Crippen LogP contribution in [0.4, 0.5) is 0 Å². The summed E-state index contributed by atoms with van der Waals surface area (Å²) in [6, 6.07) is 0.296. The molecule has 3 N–H and O–H groups in total. The molecule has 0 fully saturated rings. The van der Waals surface area contributed by atoms with Gasteiger partial charge in [0.1, 0.15) is 0 Å². The number of nitrogens with two attached hydrogens (primary N) is 1.